The summed E-state index contributed by atoms with van der Waals surface area (Å²) < 4.78 is 0. The number of ketones is 1. The van der Waals surface area contributed by atoms with Gasteiger partial charge in [0.15, 0.2) is 0 Å². The SMILES string of the molecule is O=C1CCC(Cc2ccccc2O)CC1. The van der Waals surface area contributed by atoms with Crippen LogP contribution >= 0.6 is 0 Å². The van der Waals surface area contributed by atoms with Crippen molar-refractivity contribution in [3.63, 3.8) is 0 Å². The monoisotopic (exact) mass is 204 g/mol. The predicted octanol–water partition coefficient (Wildman–Crippen LogP) is 2.69. The van der Waals surface area contributed by atoms with Crippen molar-refractivity contribution in [1.29, 1.82) is 0 Å². The van der Waals surface area contributed by atoms with E-state index in [9.17, 15) is 9.90 Å². The van der Waals surface area contributed by atoms with E-state index in [2.05, 4.69) is 0 Å². The summed E-state index contributed by atoms with van der Waals surface area (Å²) in [6.07, 6.45) is 4.30. The average Bonchev–Trinajstić information content (AvgIpc) is 2.25. The van der Waals surface area contributed by atoms with Gasteiger partial charge in [0, 0.05) is 12.8 Å². The summed E-state index contributed by atoms with van der Waals surface area (Å²) in [6.45, 7) is 0. The molecule has 0 radical (unpaired) electrons. The molecular formula is C13H16O2. The van der Waals surface area contributed by atoms with Gasteiger partial charge in [-0.05, 0) is 36.8 Å². The van der Waals surface area contributed by atoms with Crippen molar-refractivity contribution in [2.75, 3.05) is 0 Å². The highest BCUT2D eigenvalue weighted by molar-refractivity contribution is 5.79. The average molecular weight is 204 g/mol. The maximum atomic E-state index is 11.1. The Labute approximate surface area is 89.9 Å². The van der Waals surface area contributed by atoms with Gasteiger partial charge in [0.25, 0.3) is 0 Å². The quantitative estimate of drug-likeness (QED) is 0.804. The lowest BCUT2D eigenvalue weighted by molar-refractivity contribution is -0.120. The van der Waals surface area contributed by atoms with Crippen LogP contribution in [0.1, 0.15) is 31.2 Å². The van der Waals surface area contributed by atoms with Crippen molar-refractivity contribution in [2.24, 2.45) is 5.92 Å². The largest absolute Gasteiger partial charge is 0.508 e. The Morgan fingerprint density at radius 1 is 1.20 bits per heavy atom. The van der Waals surface area contributed by atoms with E-state index >= 15 is 0 Å². The lowest BCUT2D eigenvalue weighted by Crippen LogP contribution is -2.15. The molecule has 1 aromatic carbocycles. The van der Waals surface area contributed by atoms with E-state index < -0.39 is 0 Å². The standard InChI is InChI=1S/C13H16O2/c14-12-7-5-10(6-8-12)9-11-3-1-2-4-13(11)15/h1-4,10,15H,5-9H2. The zero-order chi connectivity index (χ0) is 10.7. The summed E-state index contributed by atoms with van der Waals surface area (Å²) in [5, 5.41) is 9.63. The van der Waals surface area contributed by atoms with Crippen molar-refractivity contribution in [3.8, 4) is 5.75 Å². The molecule has 2 heteroatoms. The number of phenols is 1. The number of carbonyl (C=O) groups is 1. The number of benzene rings is 1. The molecule has 0 spiro atoms. The zero-order valence-electron chi connectivity index (χ0n) is 8.78. The molecule has 0 bridgehead atoms. The van der Waals surface area contributed by atoms with E-state index in [0.29, 0.717) is 17.5 Å². The molecule has 1 N–H and O–H groups in total. The lowest BCUT2D eigenvalue weighted by atomic mass is 9.84. The predicted molar refractivity (Wildman–Crippen MR) is 58.8 cm³/mol. The van der Waals surface area contributed by atoms with Crippen LogP contribution in [0.3, 0.4) is 0 Å². The Hall–Kier alpha value is -1.31. The van der Waals surface area contributed by atoms with Crippen LogP contribution in [0, 0.1) is 5.92 Å². The van der Waals surface area contributed by atoms with Crippen LogP contribution in [-0.2, 0) is 11.2 Å². The van der Waals surface area contributed by atoms with Gasteiger partial charge in [-0.1, -0.05) is 18.2 Å². The first kappa shape index (κ1) is 10.2. The molecule has 0 aromatic heterocycles. The van der Waals surface area contributed by atoms with Crippen molar-refractivity contribution in [3.05, 3.63) is 29.8 Å². The number of rotatable bonds is 2. The highest BCUT2D eigenvalue weighted by Crippen LogP contribution is 2.28. The molecule has 1 saturated carbocycles. The smallest absolute Gasteiger partial charge is 0.132 e. The van der Waals surface area contributed by atoms with Crippen molar-refractivity contribution in [1.82, 2.24) is 0 Å². The molecule has 1 aromatic rings. The third kappa shape index (κ3) is 2.58. The van der Waals surface area contributed by atoms with Crippen LogP contribution in [0.5, 0.6) is 5.75 Å². The lowest BCUT2D eigenvalue weighted by Gasteiger charge is -2.21. The third-order valence-corrected chi connectivity index (χ3v) is 3.16. The maximum absolute atomic E-state index is 11.1. The van der Waals surface area contributed by atoms with Crippen molar-refractivity contribution >= 4 is 5.78 Å². The molecule has 15 heavy (non-hydrogen) atoms. The minimum absolute atomic E-state index is 0.384. The van der Waals surface area contributed by atoms with E-state index in [1.165, 1.54) is 0 Å². The van der Waals surface area contributed by atoms with Crippen LogP contribution in [-0.4, -0.2) is 10.9 Å². The first-order valence-corrected chi connectivity index (χ1v) is 5.54. The first-order valence-electron chi connectivity index (χ1n) is 5.54. The van der Waals surface area contributed by atoms with Crippen LogP contribution < -0.4 is 0 Å². The third-order valence-electron chi connectivity index (χ3n) is 3.16. The summed E-state index contributed by atoms with van der Waals surface area (Å²) in [7, 11) is 0. The minimum Gasteiger partial charge on any atom is -0.508 e. The topological polar surface area (TPSA) is 37.3 Å². The second kappa shape index (κ2) is 4.47. The van der Waals surface area contributed by atoms with Crippen LogP contribution in [0.4, 0.5) is 0 Å². The first-order chi connectivity index (χ1) is 7.25. The Kier molecular flexibility index (Phi) is 3.05. The number of para-hydroxylation sites is 1. The molecule has 0 saturated heterocycles. The van der Waals surface area contributed by atoms with Gasteiger partial charge in [-0.2, -0.15) is 0 Å². The number of carbonyl (C=O) groups excluding carboxylic acids is 1. The fourth-order valence-corrected chi connectivity index (χ4v) is 2.20. The summed E-state index contributed by atoms with van der Waals surface area (Å²) in [6, 6.07) is 7.47. The Bertz CT molecular complexity index is 347. The molecule has 2 nitrogen and oxygen atoms in total. The Morgan fingerprint density at radius 3 is 2.53 bits per heavy atom. The van der Waals surface area contributed by atoms with Gasteiger partial charge in [0.2, 0.25) is 0 Å². The zero-order valence-corrected chi connectivity index (χ0v) is 8.78. The van der Waals surface area contributed by atoms with E-state index in [-0.39, 0.29) is 0 Å². The molecule has 2 rings (SSSR count). The van der Waals surface area contributed by atoms with Gasteiger partial charge >= 0.3 is 0 Å². The summed E-state index contributed by atoms with van der Waals surface area (Å²) >= 11 is 0. The van der Waals surface area contributed by atoms with Gasteiger partial charge in [-0.3, -0.25) is 4.79 Å². The molecule has 0 unspecified atom stereocenters. The van der Waals surface area contributed by atoms with Gasteiger partial charge in [-0.15, -0.1) is 0 Å². The number of phenolic OH excluding ortho intramolecular Hbond substituents is 1. The summed E-state index contributed by atoms with van der Waals surface area (Å²) in [5.74, 6) is 1.34. The molecule has 0 amide bonds. The van der Waals surface area contributed by atoms with E-state index in [0.717, 1.165) is 37.7 Å². The normalized spacial score (nSPS) is 18.0. The fourth-order valence-electron chi connectivity index (χ4n) is 2.20. The van der Waals surface area contributed by atoms with Crippen molar-refractivity contribution in [2.45, 2.75) is 32.1 Å². The maximum Gasteiger partial charge on any atom is 0.132 e. The van der Waals surface area contributed by atoms with Crippen LogP contribution in [0.15, 0.2) is 24.3 Å². The van der Waals surface area contributed by atoms with Gasteiger partial charge in [0.05, 0.1) is 0 Å². The van der Waals surface area contributed by atoms with E-state index in [1.54, 1.807) is 6.07 Å². The molecule has 0 atom stereocenters. The Balaban J connectivity index is 1.97. The molecule has 80 valence electrons. The highest BCUT2D eigenvalue weighted by Gasteiger charge is 2.19. The fraction of sp³-hybridized carbons (Fsp3) is 0.462. The second-order valence-corrected chi connectivity index (χ2v) is 4.31. The number of hydrogen-bond acceptors (Lipinski definition) is 2. The molecule has 0 heterocycles. The summed E-state index contributed by atoms with van der Waals surface area (Å²) in [5.41, 5.74) is 1.01. The molecule has 1 aliphatic carbocycles. The van der Waals surface area contributed by atoms with E-state index in [4.69, 9.17) is 0 Å². The number of aromatic hydroxyl groups is 1. The van der Waals surface area contributed by atoms with Gasteiger partial charge in [-0.25, -0.2) is 0 Å². The minimum atomic E-state index is 0.384. The van der Waals surface area contributed by atoms with Gasteiger partial charge in [0.1, 0.15) is 11.5 Å². The van der Waals surface area contributed by atoms with Crippen LogP contribution in [0.25, 0.3) is 0 Å². The molecule has 0 aliphatic heterocycles. The van der Waals surface area contributed by atoms with E-state index in [1.807, 2.05) is 18.2 Å². The van der Waals surface area contributed by atoms with Crippen LogP contribution in [0.2, 0.25) is 0 Å². The summed E-state index contributed by atoms with van der Waals surface area (Å²) in [4.78, 5) is 11.1. The van der Waals surface area contributed by atoms with Crippen molar-refractivity contribution < 1.29 is 9.90 Å². The van der Waals surface area contributed by atoms with Gasteiger partial charge < -0.3 is 5.11 Å². The Morgan fingerprint density at radius 2 is 1.87 bits per heavy atom. The highest BCUT2D eigenvalue weighted by atomic mass is 16.3. The molecule has 1 fully saturated rings. The second-order valence-electron chi connectivity index (χ2n) is 4.31. The molecular weight excluding hydrogens is 188 g/mol. The number of Topliss-reactive ketones (excluding diaryl/α,β-unsaturated/α-hetero) is 1. The molecule has 1 aliphatic rings. The number of hydrogen-bond donors (Lipinski definition) is 1.